The van der Waals surface area contributed by atoms with Gasteiger partial charge in [0.1, 0.15) is 0 Å². The molecule has 1 heterocycles. The zero-order chi connectivity index (χ0) is 15.9. The van der Waals surface area contributed by atoms with Crippen LogP contribution in [0.1, 0.15) is 21.5 Å². The highest BCUT2D eigenvalue weighted by atomic mass is 35.5. The fourth-order valence-corrected chi connectivity index (χ4v) is 2.91. The third-order valence-electron chi connectivity index (χ3n) is 3.77. The standard InChI is InChI=1S/C18H14ClNO2/c1-10-5-3-8-14-15(18(21)22)11(2)17(20-16(10)14)12-6-4-7-13(19)9-12/h3-9H,1-2H3,(H,21,22). The first-order valence-corrected chi connectivity index (χ1v) is 7.26. The van der Waals surface area contributed by atoms with E-state index in [0.717, 1.165) is 11.1 Å². The van der Waals surface area contributed by atoms with Gasteiger partial charge >= 0.3 is 5.97 Å². The highest BCUT2D eigenvalue weighted by Gasteiger charge is 2.19. The summed E-state index contributed by atoms with van der Waals surface area (Å²) in [6, 6.07) is 12.9. The highest BCUT2D eigenvalue weighted by molar-refractivity contribution is 6.30. The maximum Gasteiger partial charge on any atom is 0.336 e. The van der Waals surface area contributed by atoms with Gasteiger partial charge in [-0.25, -0.2) is 9.78 Å². The molecule has 0 unspecified atom stereocenters. The Kier molecular flexibility index (Phi) is 3.59. The van der Waals surface area contributed by atoms with E-state index < -0.39 is 5.97 Å². The Labute approximate surface area is 133 Å². The Balaban J connectivity index is 2.44. The zero-order valence-electron chi connectivity index (χ0n) is 12.2. The minimum absolute atomic E-state index is 0.295. The number of carbonyl (C=O) groups is 1. The molecular weight excluding hydrogens is 298 g/mol. The van der Waals surface area contributed by atoms with E-state index in [1.54, 1.807) is 25.1 Å². The molecule has 0 radical (unpaired) electrons. The van der Waals surface area contributed by atoms with Gasteiger partial charge in [0.05, 0.1) is 16.8 Å². The number of aryl methyl sites for hydroxylation is 1. The zero-order valence-corrected chi connectivity index (χ0v) is 13.0. The predicted octanol–water partition coefficient (Wildman–Crippen LogP) is 4.87. The van der Waals surface area contributed by atoms with Gasteiger partial charge in [0.25, 0.3) is 0 Å². The van der Waals surface area contributed by atoms with E-state index in [1.807, 2.05) is 31.2 Å². The van der Waals surface area contributed by atoms with E-state index >= 15 is 0 Å². The van der Waals surface area contributed by atoms with Crippen molar-refractivity contribution in [2.45, 2.75) is 13.8 Å². The van der Waals surface area contributed by atoms with E-state index in [-0.39, 0.29) is 0 Å². The molecule has 3 aromatic rings. The normalized spacial score (nSPS) is 10.9. The summed E-state index contributed by atoms with van der Waals surface area (Å²) in [4.78, 5) is 16.5. The Morgan fingerprint density at radius 2 is 1.86 bits per heavy atom. The number of hydrogen-bond acceptors (Lipinski definition) is 2. The lowest BCUT2D eigenvalue weighted by Crippen LogP contribution is -2.05. The third kappa shape index (κ3) is 2.34. The van der Waals surface area contributed by atoms with Crippen LogP contribution in [0.15, 0.2) is 42.5 Å². The van der Waals surface area contributed by atoms with Gasteiger partial charge in [0.15, 0.2) is 0 Å². The molecule has 110 valence electrons. The summed E-state index contributed by atoms with van der Waals surface area (Å²) >= 11 is 6.05. The van der Waals surface area contributed by atoms with Crippen molar-refractivity contribution in [3.05, 3.63) is 64.2 Å². The van der Waals surface area contributed by atoms with Crippen molar-refractivity contribution in [2.24, 2.45) is 0 Å². The lowest BCUT2D eigenvalue weighted by atomic mass is 9.96. The molecule has 3 nitrogen and oxygen atoms in total. The summed E-state index contributed by atoms with van der Waals surface area (Å²) in [5, 5.41) is 10.9. The summed E-state index contributed by atoms with van der Waals surface area (Å²) in [6.07, 6.45) is 0. The molecule has 2 aromatic carbocycles. The second-order valence-corrected chi connectivity index (χ2v) is 5.68. The molecule has 0 saturated carbocycles. The van der Waals surface area contributed by atoms with E-state index in [9.17, 15) is 9.90 Å². The van der Waals surface area contributed by atoms with Crippen LogP contribution < -0.4 is 0 Å². The van der Waals surface area contributed by atoms with Gasteiger partial charge in [-0.15, -0.1) is 0 Å². The van der Waals surface area contributed by atoms with Gasteiger partial charge in [0, 0.05) is 16.0 Å². The van der Waals surface area contributed by atoms with Gasteiger partial charge in [-0.3, -0.25) is 0 Å². The minimum atomic E-state index is -0.946. The number of carboxylic acids is 1. The number of para-hydroxylation sites is 1. The first-order valence-electron chi connectivity index (χ1n) is 6.88. The van der Waals surface area contributed by atoms with Crippen LogP contribution in [0, 0.1) is 13.8 Å². The monoisotopic (exact) mass is 311 g/mol. The van der Waals surface area contributed by atoms with Crippen LogP contribution in [-0.4, -0.2) is 16.1 Å². The fourth-order valence-electron chi connectivity index (χ4n) is 2.72. The predicted molar refractivity (Wildman–Crippen MR) is 88.6 cm³/mol. The molecule has 0 aliphatic heterocycles. The van der Waals surface area contributed by atoms with E-state index in [0.29, 0.717) is 32.7 Å². The molecule has 4 heteroatoms. The number of carboxylic acid groups (broad SMARTS) is 1. The molecule has 1 N–H and O–H groups in total. The number of aromatic nitrogens is 1. The largest absolute Gasteiger partial charge is 0.478 e. The number of rotatable bonds is 2. The summed E-state index contributed by atoms with van der Waals surface area (Å²) in [7, 11) is 0. The smallest absolute Gasteiger partial charge is 0.336 e. The average molecular weight is 312 g/mol. The summed E-state index contributed by atoms with van der Waals surface area (Å²) in [5.74, 6) is -0.946. The molecule has 0 atom stereocenters. The molecule has 0 fully saturated rings. The molecule has 0 aliphatic carbocycles. The van der Waals surface area contributed by atoms with E-state index in [4.69, 9.17) is 16.6 Å². The van der Waals surface area contributed by atoms with Crippen molar-refractivity contribution < 1.29 is 9.90 Å². The molecule has 3 rings (SSSR count). The van der Waals surface area contributed by atoms with E-state index in [1.165, 1.54) is 0 Å². The first-order chi connectivity index (χ1) is 10.5. The maximum absolute atomic E-state index is 11.7. The van der Waals surface area contributed by atoms with Crippen LogP contribution in [0.5, 0.6) is 0 Å². The van der Waals surface area contributed by atoms with Crippen molar-refractivity contribution in [3.8, 4) is 11.3 Å². The number of hydrogen-bond donors (Lipinski definition) is 1. The average Bonchev–Trinajstić information content (AvgIpc) is 2.46. The van der Waals surface area contributed by atoms with Crippen molar-refractivity contribution >= 4 is 28.5 Å². The molecule has 0 bridgehead atoms. The first kappa shape index (κ1) is 14.5. The van der Waals surface area contributed by atoms with Crippen molar-refractivity contribution in [3.63, 3.8) is 0 Å². The highest BCUT2D eigenvalue weighted by Crippen LogP contribution is 2.31. The lowest BCUT2D eigenvalue weighted by molar-refractivity contribution is 0.0698. The van der Waals surface area contributed by atoms with Crippen molar-refractivity contribution in [1.82, 2.24) is 4.98 Å². The van der Waals surface area contributed by atoms with Gasteiger partial charge in [-0.1, -0.05) is 41.9 Å². The second-order valence-electron chi connectivity index (χ2n) is 5.25. The molecule has 22 heavy (non-hydrogen) atoms. The van der Waals surface area contributed by atoms with E-state index in [2.05, 4.69) is 0 Å². The van der Waals surface area contributed by atoms with Gasteiger partial charge in [-0.05, 0) is 37.1 Å². The minimum Gasteiger partial charge on any atom is -0.478 e. The summed E-state index contributed by atoms with van der Waals surface area (Å²) in [5.41, 5.74) is 4.07. The SMILES string of the molecule is Cc1c(-c2cccc(Cl)c2)nc2c(C)cccc2c1C(=O)O. The molecule has 0 spiro atoms. The fraction of sp³-hybridized carbons (Fsp3) is 0.111. The molecular formula is C18H14ClNO2. The van der Waals surface area contributed by atoms with Crippen molar-refractivity contribution in [1.29, 1.82) is 0 Å². The molecule has 0 aliphatic rings. The Bertz CT molecular complexity index is 903. The Morgan fingerprint density at radius 1 is 1.14 bits per heavy atom. The molecule has 0 saturated heterocycles. The number of pyridine rings is 1. The number of halogens is 1. The van der Waals surface area contributed by atoms with Gasteiger partial charge in [0.2, 0.25) is 0 Å². The second kappa shape index (κ2) is 5.43. The van der Waals surface area contributed by atoms with Crippen LogP contribution >= 0.6 is 11.6 Å². The number of nitrogens with zero attached hydrogens (tertiary/aromatic N) is 1. The van der Waals surface area contributed by atoms with Crippen LogP contribution in [-0.2, 0) is 0 Å². The quantitative estimate of drug-likeness (QED) is 0.734. The topological polar surface area (TPSA) is 50.2 Å². The van der Waals surface area contributed by atoms with Crippen LogP contribution in [0.2, 0.25) is 5.02 Å². The Hall–Kier alpha value is -2.39. The summed E-state index contributed by atoms with van der Waals surface area (Å²) in [6.45, 7) is 3.71. The maximum atomic E-state index is 11.7. The van der Waals surface area contributed by atoms with Gasteiger partial charge in [-0.2, -0.15) is 0 Å². The number of fused-ring (bicyclic) bond motifs is 1. The molecule has 1 aromatic heterocycles. The number of aromatic carboxylic acids is 1. The van der Waals surface area contributed by atoms with Gasteiger partial charge < -0.3 is 5.11 Å². The molecule has 0 amide bonds. The summed E-state index contributed by atoms with van der Waals surface area (Å²) < 4.78 is 0. The van der Waals surface area contributed by atoms with Crippen LogP contribution in [0.25, 0.3) is 22.2 Å². The lowest BCUT2D eigenvalue weighted by Gasteiger charge is -2.13. The van der Waals surface area contributed by atoms with Crippen LogP contribution in [0.3, 0.4) is 0 Å². The number of benzene rings is 2. The third-order valence-corrected chi connectivity index (χ3v) is 4.01. The Morgan fingerprint density at radius 3 is 2.55 bits per heavy atom. The van der Waals surface area contributed by atoms with Crippen molar-refractivity contribution in [2.75, 3.05) is 0 Å². The van der Waals surface area contributed by atoms with Crippen LogP contribution in [0.4, 0.5) is 0 Å².